The van der Waals surface area contributed by atoms with Crippen molar-refractivity contribution in [3.05, 3.63) is 42.2 Å². The van der Waals surface area contributed by atoms with Crippen molar-refractivity contribution in [3.63, 3.8) is 0 Å². The first-order chi connectivity index (χ1) is 6.92. The largest absolute Gasteiger partial charge is 0.464 e. The van der Waals surface area contributed by atoms with Crippen LogP contribution in [0.25, 0.3) is 17.0 Å². The Labute approximate surface area is 83.2 Å². The lowest BCUT2D eigenvalue weighted by atomic mass is 10.1. The van der Waals surface area contributed by atoms with E-state index in [1.165, 1.54) is 5.39 Å². The average molecular weight is 187 g/mol. The van der Waals surface area contributed by atoms with Gasteiger partial charge < -0.3 is 9.73 Å². The molecule has 0 saturated carbocycles. The van der Waals surface area contributed by atoms with Crippen LogP contribution in [0.5, 0.6) is 0 Å². The van der Waals surface area contributed by atoms with E-state index in [1.54, 1.807) is 6.26 Å². The summed E-state index contributed by atoms with van der Waals surface area (Å²) in [5, 5.41) is 4.23. The number of rotatable bonds is 3. The Kier molecular flexibility index (Phi) is 2.65. The fraction of sp³-hybridized carbons (Fsp3) is 0.167. The molecular formula is C12H13NO. The molecule has 0 atom stereocenters. The van der Waals surface area contributed by atoms with Crippen LogP contribution in [0.2, 0.25) is 0 Å². The Hall–Kier alpha value is -1.54. The highest BCUT2D eigenvalue weighted by molar-refractivity contribution is 5.86. The van der Waals surface area contributed by atoms with E-state index in [9.17, 15) is 0 Å². The summed E-state index contributed by atoms with van der Waals surface area (Å²) in [4.78, 5) is 0. The maximum absolute atomic E-state index is 5.41. The first kappa shape index (κ1) is 9.03. The predicted molar refractivity (Wildman–Crippen MR) is 59.2 cm³/mol. The molecule has 0 amide bonds. The van der Waals surface area contributed by atoms with Crippen LogP contribution in [0.3, 0.4) is 0 Å². The highest BCUT2D eigenvalue weighted by Crippen LogP contribution is 2.21. The van der Waals surface area contributed by atoms with Gasteiger partial charge in [0, 0.05) is 17.5 Å². The van der Waals surface area contributed by atoms with E-state index in [0.717, 1.165) is 17.7 Å². The van der Waals surface area contributed by atoms with Gasteiger partial charge >= 0.3 is 0 Å². The van der Waals surface area contributed by atoms with Crippen molar-refractivity contribution in [2.75, 3.05) is 13.6 Å². The summed E-state index contributed by atoms with van der Waals surface area (Å²) in [6.45, 7) is 0.875. The third kappa shape index (κ3) is 1.70. The molecule has 2 heteroatoms. The van der Waals surface area contributed by atoms with E-state index in [2.05, 4.69) is 23.5 Å². The van der Waals surface area contributed by atoms with Gasteiger partial charge in [0.25, 0.3) is 0 Å². The highest BCUT2D eigenvalue weighted by Gasteiger charge is 2.00. The maximum Gasteiger partial charge on any atom is 0.134 e. The van der Waals surface area contributed by atoms with E-state index < -0.39 is 0 Å². The normalized spacial score (nSPS) is 11.5. The maximum atomic E-state index is 5.41. The minimum absolute atomic E-state index is 0.875. The van der Waals surface area contributed by atoms with Gasteiger partial charge in [-0.05, 0) is 13.1 Å². The van der Waals surface area contributed by atoms with Crippen molar-refractivity contribution < 1.29 is 4.42 Å². The number of furan rings is 1. The standard InChI is InChI=1S/C12H13NO/c1-13-8-4-5-10-9-14-12-7-3-2-6-11(10)12/h2-7,9,13H,8H2,1H3. The van der Waals surface area contributed by atoms with Crippen LogP contribution in [0.15, 0.2) is 41.0 Å². The van der Waals surface area contributed by atoms with E-state index in [0.29, 0.717) is 0 Å². The lowest BCUT2D eigenvalue weighted by Gasteiger charge is -1.89. The van der Waals surface area contributed by atoms with Gasteiger partial charge in [-0.15, -0.1) is 0 Å². The zero-order valence-corrected chi connectivity index (χ0v) is 8.16. The second-order valence-electron chi connectivity index (χ2n) is 3.15. The van der Waals surface area contributed by atoms with Crippen molar-refractivity contribution >= 4 is 17.0 Å². The van der Waals surface area contributed by atoms with Crippen LogP contribution >= 0.6 is 0 Å². The Morgan fingerprint density at radius 2 is 2.21 bits per heavy atom. The first-order valence-corrected chi connectivity index (χ1v) is 4.69. The fourth-order valence-corrected chi connectivity index (χ4v) is 1.43. The van der Waals surface area contributed by atoms with Crippen molar-refractivity contribution in [2.45, 2.75) is 0 Å². The molecule has 2 aromatic rings. The molecule has 0 saturated heterocycles. The third-order valence-electron chi connectivity index (χ3n) is 2.13. The van der Waals surface area contributed by atoms with Gasteiger partial charge in [0.15, 0.2) is 0 Å². The Morgan fingerprint density at radius 1 is 1.36 bits per heavy atom. The summed E-state index contributed by atoms with van der Waals surface area (Å²) in [7, 11) is 1.93. The van der Waals surface area contributed by atoms with Gasteiger partial charge in [-0.3, -0.25) is 0 Å². The molecule has 0 aliphatic carbocycles. The molecule has 0 aliphatic rings. The van der Waals surface area contributed by atoms with Crippen molar-refractivity contribution in [1.82, 2.24) is 5.32 Å². The van der Waals surface area contributed by atoms with Crippen LogP contribution in [-0.2, 0) is 0 Å². The van der Waals surface area contributed by atoms with Crippen LogP contribution in [0.4, 0.5) is 0 Å². The molecule has 1 aromatic heterocycles. The van der Waals surface area contributed by atoms with Gasteiger partial charge in [-0.25, -0.2) is 0 Å². The fourth-order valence-electron chi connectivity index (χ4n) is 1.43. The van der Waals surface area contributed by atoms with Crippen LogP contribution in [0.1, 0.15) is 5.56 Å². The SMILES string of the molecule is CNCC=Cc1coc2ccccc12. The van der Waals surface area contributed by atoms with Gasteiger partial charge in [0.05, 0.1) is 6.26 Å². The molecule has 1 N–H and O–H groups in total. The molecule has 14 heavy (non-hydrogen) atoms. The zero-order chi connectivity index (χ0) is 9.80. The lowest BCUT2D eigenvalue weighted by Crippen LogP contribution is -2.03. The van der Waals surface area contributed by atoms with Gasteiger partial charge in [0.1, 0.15) is 5.58 Å². The second kappa shape index (κ2) is 4.11. The number of hydrogen-bond acceptors (Lipinski definition) is 2. The Balaban J connectivity index is 2.34. The quantitative estimate of drug-likeness (QED) is 0.799. The minimum Gasteiger partial charge on any atom is -0.464 e. The molecule has 1 aromatic carbocycles. The molecule has 2 rings (SSSR count). The van der Waals surface area contributed by atoms with E-state index >= 15 is 0 Å². The van der Waals surface area contributed by atoms with E-state index in [-0.39, 0.29) is 0 Å². The van der Waals surface area contributed by atoms with Crippen molar-refractivity contribution in [3.8, 4) is 0 Å². The Bertz CT molecular complexity index is 442. The molecule has 0 spiro atoms. The third-order valence-corrected chi connectivity index (χ3v) is 2.13. The van der Waals surface area contributed by atoms with E-state index in [4.69, 9.17) is 4.42 Å². The smallest absolute Gasteiger partial charge is 0.134 e. The topological polar surface area (TPSA) is 25.2 Å². The van der Waals surface area contributed by atoms with Gasteiger partial charge in [0.2, 0.25) is 0 Å². The van der Waals surface area contributed by atoms with Crippen molar-refractivity contribution in [1.29, 1.82) is 0 Å². The molecule has 0 unspecified atom stereocenters. The molecule has 1 heterocycles. The van der Waals surface area contributed by atoms with Crippen molar-refractivity contribution in [2.24, 2.45) is 0 Å². The summed E-state index contributed by atoms with van der Waals surface area (Å²) in [6, 6.07) is 8.04. The number of benzene rings is 1. The summed E-state index contributed by atoms with van der Waals surface area (Å²) < 4.78 is 5.41. The number of hydrogen-bond donors (Lipinski definition) is 1. The number of para-hydroxylation sites is 1. The number of nitrogens with one attached hydrogen (secondary N) is 1. The van der Waals surface area contributed by atoms with E-state index in [1.807, 2.05) is 25.2 Å². The minimum atomic E-state index is 0.875. The van der Waals surface area contributed by atoms with Crippen LogP contribution in [-0.4, -0.2) is 13.6 Å². The first-order valence-electron chi connectivity index (χ1n) is 4.69. The molecule has 0 bridgehead atoms. The Morgan fingerprint density at radius 3 is 3.07 bits per heavy atom. The lowest BCUT2D eigenvalue weighted by molar-refractivity contribution is 0.615. The zero-order valence-electron chi connectivity index (χ0n) is 8.16. The monoisotopic (exact) mass is 187 g/mol. The molecule has 0 aliphatic heterocycles. The molecular weight excluding hydrogens is 174 g/mol. The van der Waals surface area contributed by atoms with Crippen LogP contribution in [0, 0.1) is 0 Å². The van der Waals surface area contributed by atoms with Crippen LogP contribution < -0.4 is 5.32 Å². The number of likely N-dealkylation sites (N-methyl/N-ethyl adjacent to an activating group) is 1. The van der Waals surface area contributed by atoms with Gasteiger partial charge in [-0.2, -0.15) is 0 Å². The number of fused-ring (bicyclic) bond motifs is 1. The van der Waals surface area contributed by atoms with Gasteiger partial charge in [-0.1, -0.05) is 30.4 Å². The molecule has 2 nitrogen and oxygen atoms in total. The predicted octanol–water partition coefficient (Wildman–Crippen LogP) is 2.67. The average Bonchev–Trinajstić information content (AvgIpc) is 2.63. The second-order valence-corrected chi connectivity index (χ2v) is 3.15. The molecule has 72 valence electrons. The highest BCUT2D eigenvalue weighted by atomic mass is 16.3. The summed E-state index contributed by atoms with van der Waals surface area (Å²) >= 11 is 0. The summed E-state index contributed by atoms with van der Waals surface area (Å²) in [5.74, 6) is 0. The summed E-state index contributed by atoms with van der Waals surface area (Å²) in [6.07, 6.45) is 5.94. The molecule has 0 radical (unpaired) electrons. The summed E-state index contributed by atoms with van der Waals surface area (Å²) in [5.41, 5.74) is 2.08. The molecule has 0 fully saturated rings.